The van der Waals surface area contributed by atoms with Crippen LogP contribution in [0.5, 0.6) is 0 Å². The van der Waals surface area contributed by atoms with E-state index in [1.165, 1.54) is 6.07 Å². The molecule has 6 nitrogen and oxygen atoms in total. The van der Waals surface area contributed by atoms with E-state index in [1.807, 2.05) is 0 Å². The molecule has 2 aromatic rings. The Kier molecular flexibility index (Phi) is 3.74. The first-order valence-electron chi connectivity index (χ1n) is 5.35. The lowest BCUT2D eigenvalue weighted by atomic mass is 10.4. The Labute approximate surface area is 114 Å². The van der Waals surface area contributed by atoms with Crippen LogP contribution in [0.3, 0.4) is 0 Å². The van der Waals surface area contributed by atoms with Crippen molar-refractivity contribution in [1.82, 2.24) is 9.71 Å². The number of aromatic amines is 1. The van der Waals surface area contributed by atoms with Gasteiger partial charge in [-0.2, -0.15) is 0 Å². The third kappa shape index (κ3) is 3.03. The number of H-pyrrole nitrogens is 1. The summed E-state index contributed by atoms with van der Waals surface area (Å²) in [6.45, 7) is 1.74. The highest BCUT2D eigenvalue weighted by Crippen LogP contribution is 2.25. The highest BCUT2D eigenvalue weighted by molar-refractivity contribution is 7.89. The van der Waals surface area contributed by atoms with E-state index in [9.17, 15) is 13.2 Å². The number of hydrogen-bond donors (Lipinski definition) is 3. The van der Waals surface area contributed by atoms with Gasteiger partial charge in [0, 0.05) is 23.8 Å². The molecule has 0 aromatic carbocycles. The first-order valence-corrected chi connectivity index (χ1v) is 7.65. The summed E-state index contributed by atoms with van der Waals surface area (Å²) in [6, 6.07) is 2.94. The van der Waals surface area contributed by atoms with Crippen LogP contribution in [-0.4, -0.2) is 24.5 Å². The van der Waals surface area contributed by atoms with Crippen molar-refractivity contribution in [1.29, 1.82) is 0 Å². The molecule has 0 amide bonds. The Morgan fingerprint density at radius 3 is 2.79 bits per heavy atom. The van der Waals surface area contributed by atoms with Crippen molar-refractivity contribution < 1.29 is 18.3 Å². The van der Waals surface area contributed by atoms with Crippen LogP contribution in [0.25, 0.3) is 0 Å². The minimum atomic E-state index is -3.70. The first-order chi connectivity index (χ1) is 8.90. The van der Waals surface area contributed by atoms with Gasteiger partial charge in [-0.25, -0.2) is 17.9 Å². The second kappa shape index (κ2) is 5.16. The number of nitrogens with one attached hydrogen (secondary N) is 2. The second-order valence-corrected chi connectivity index (χ2v) is 6.87. The summed E-state index contributed by atoms with van der Waals surface area (Å²) in [5.74, 6) is -1.12. The Morgan fingerprint density at radius 2 is 2.26 bits per heavy atom. The van der Waals surface area contributed by atoms with Crippen molar-refractivity contribution >= 4 is 27.3 Å². The van der Waals surface area contributed by atoms with E-state index in [0.29, 0.717) is 4.88 Å². The Bertz CT molecular complexity index is 686. The lowest BCUT2D eigenvalue weighted by Gasteiger charge is -2.04. The van der Waals surface area contributed by atoms with Crippen LogP contribution in [0.1, 0.15) is 20.1 Å². The molecule has 0 unspecified atom stereocenters. The predicted octanol–water partition coefficient (Wildman–Crippen LogP) is 1.56. The van der Waals surface area contributed by atoms with Crippen molar-refractivity contribution in [3.63, 3.8) is 0 Å². The summed E-state index contributed by atoms with van der Waals surface area (Å²) < 4.78 is 26.6. The molecule has 0 radical (unpaired) electrons. The number of hydrogen-bond acceptors (Lipinski definition) is 4. The Balaban J connectivity index is 2.22. The average Bonchev–Trinajstić information content (AvgIpc) is 2.95. The number of aryl methyl sites for hydroxylation is 1. The van der Waals surface area contributed by atoms with Gasteiger partial charge < -0.3 is 10.1 Å². The van der Waals surface area contributed by atoms with Crippen molar-refractivity contribution in [2.45, 2.75) is 18.4 Å². The van der Waals surface area contributed by atoms with Crippen LogP contribution in [0.15, 0.2) is 29.4 Å². The molecule has 0 fully saturated rings. The number of aromatic carboxylic acids is 1. The lowest BCUT2D eigenvalue weighted by Crippen LogP contribution is -2.23. The van der Waals surface area contributed by atoms with E-state index in [-0.39, 0.29) is 16.3 Å². The van der Waals surface area contributed by atoms with Gasteiger partial charge in [0.25, 0.3) is 0 Å². The molecule has 0 spiro atoms. The van der Waals surface area contributed by atoms with Crippen molar-refractivity contribution in [3.05, 3.63) is 39.8 Å². The van der Waals surface area contributed by atoms with Gasteiger partial charge in [-0.1, -0.05) is 0 Å². The van der Waals surface area contributed by atoms with Crippen molar-refractivity contribution in [2.24, 2.45) is 0 Å². The summed E-state index contributed by atoms with van der Waals surface area (Å²) in [5, 5.41) is 8.86. The minimum absolute atomic E-state index is 0.0134. The maximum atomic E-state index is 12.1. The summed E-state index contributed by atoms with van der Waals surface area (Å²) in [5.41, 5.74) is 0.801. The van der Waals surface area contributed by atoms with Crippen LogP contribution in [0.2, 0.25) is 0 Å². The lowest BCUT2D eigenvalue weighted by molar-refractivity contribution is 0.0702. The summed E-state index contributed by atoms with van der Waals surface area (Å²) >= 11 is 0.948. The SMILES string of the molecule is Cc1sc(C(=O)O)cc1S(=O)(=O)NCc1cc[nH]c1. The Hall–Kier alpha value is -1.64. The molecule has 3 N–H and O–H groups in total. The smallest absolute Gasteiger partial charge is 0.345 e. The molecule has 2 rings (SSSR count). The predicted molar refractivity (Wildman–Crippen MR) is 70.8 cm³/mol. The molecule has 19 heavy (non-hydrogen) atoms. The van der Waals surface area contributed by atoms with E-state index >= 15 is 0 Å². The maximum absolute atomic E-state index is 12.1. The van der Waals surface area contributed by atoms with E-state index in [1.54, 1.807) is 25.4 Å². The van der Waals surface area contributed by atoms with Crippen LogP contribution >= 0.6 is 11.3 Å². The number of carboxylic acids is 1. The zero-order chi connectivity index (χ0) is 14.0. The van der Waals surface area contributed by atoms with Crippen LogP contribution in [-0.2, 0) is 16.6 Å². The molecule has 0 saturated carbocycles. The van der Waals surface area contributed by atoms with E-state index in [2.05, 4.69) is 9.71 Å². The summed E-state index contributed by atoms with van der Waals surface area (Å²) in [4.78, 5) is 14.1. The second-order valence-electron chi connectivity index (χ2n) is 3.88. The molecule has 0 atom stereocenters. The van der Waals surface area contributed by atoms with E-state index in [0.717, 1.165) is 16.9 Å². The van der Waals surface area contributed by atoms with Gasteiger partial charge in [0.15, 0.2) is 0 Å². The fourth-order valence-corrected chi connectivity index (χ4v) is 4.01. The molecule has 102 valence electrons. The zero-order valence-corrected chi connectivity index (χ0v) is 11.6. The highest BCUT2D eigenvalue weighted by atomic mass is 32.2. The number of rotatable bonds is 5. The summed E-state index contributed by atoms with van der Waals surface area (Å²) in [6.07, 6.45) is 3.38. The molecule has 0 aliphatic heterocycles. The van der Waals surface area contributed by atoms with Gasteiger partial charge in [0.05, 0.1) is 4.90 Å². The number of carboxylic acid groups (broad SMARTS) is 1. The molecule has 2 heterocycles. The standard InChI is InChI=1S/C11H12N2O4S2/c1-7-10(4-9(18-7)11(14)15)19(16,17)13-6-8-2-3-12-5-8/h2-5,12-13H,6H2,1H3,(H,14,15). The number of carbonyl (C=O) groups is 1. The summed E-state index contributed by atoms with van der Waals surface area (Å²) in [7, 11) is -3.70. The van der Waals surface area contributed by atoms with Gasteiger partial charge >= 0.3 is 5.97 Å². The number of aromatic nitrogens is 1. The molecule has 0 bridgehead atoms. The quantitative estimate of drug-likeness (QED) is 0.780. The van der Waals surface area contributed by atoms with Crippen molar-refractivity contribution in [3.8, 4) is 0 Å². The fourth-order valence-electron chi connectivity index (χ4n) is 1.56. The normalized spacial score (nSPS) is 11.6. The van der Waals surface area contributed by atoms with Gasteiger partial charge in [-0.15, -0.1) is 11.3 Å². The Morgan fingerprint density at radius 1 is 1.53 bits per heavy atom. The van der Waals surface area contributed by atoms with Gasteiger partial charge in [-0.3, -0.25) is 0 Å². The van der Waals surface area contributed by atoms with Gasteiger partial charge in [0.2, 0.25) is 10.0 Å². The molecule has 0 saturated heterocycles. The monoisotopic (exact) mass is 300 g/mol. The van der Waals surface area contributed by atoms with Crippen LogP contribution < -0.4 is 4.72 Å². The third-order valence-corrected chi connectivity index (χ3v) is 5.20. The minimum Gasteiger partial charge on any atom is -0.477 e. The highest BCUT2D eigenvalue weighted by Gasteiger charge is 2.21. The van der Waals surface area contributed by atoms with E-state index < -0.39 is 16.0 Å². The van der Waals surface area contributed by atoms with E-state index in [4.69, 9.17) is 5.11 Å². The molecular formula is C11H12N2O4S2. The zero-order valence-electron chi connectivity index (χ0n) is 10.0. The topological polar surface area (TPSA) is 99.3 Å². The fraction of sp³-hybridized carbons (Fsp3) is 0.182. The first kappa shape index (κ1) is 13.8. The van der Waals surface area contributed by atoms with Crippen LogP contribution in [0, 0.1) is 6.92 Å². The molecule has 2 aromatic heterocycles. The maximum Gasteiger partial charge on any atom is 0.345 e. The molecule has 0 aliphatic carbocycles. The molecule has 0 aliphatic rings. The number of thiophene rings is 1. The van der Waals surface area contributed by atoms with Crippen molar-refractivity contribution in [2.75, 3.05) is 0 Å². The molecule has 8 heteroatoms. The molecular weight excluding hydrogens is 288 g/mol. The average molecular weight is 300 g/mol. The third-order valence-electron chi connectivity index (χ3n) is 2.50. The van der Waals surface area contributed by atoms with Gasteiger partial charge in [-0.05, 0) is 24.6 Å². The largest absolute Gasteiger partial charge is 0.477 e. The number of sulfonamides is 1. The van der Waals surface area contributed by atoms with Crippen LogP contribution in [0.4, 0.5) is 0 Å². The van der Waals surface area contributed by atoms with Gasteiger partial charge in [0.1, 0.15) is 4.88 Å².